The second-order valence-electron chi connectivity index (χ2n) is 4.94. The summed E-state index contributed by atoms with van der Waals surface area (Å²) in [6.07, 6.45) is 1.66. The van der Waals surface area contributed by atoms with Crippen LogP contribution in [0.5, 0.6) is 0 Å². The summed E-state index contributed by atoms with van der Waals surface area (Å²) in [4.78, 5) is 2.10. The molecular formula is C14H18BrClN4. The van der Waals surface area contributed by atoms with E-state index >= 15 is 0 Å². The highest BCUT2D eigenvalue weighted by Gasteiger charge is 2.18. The lowest BCUT2D eigenvalue weighted by Gasteiger charge is -2.17. The maximum absolute atomic E-state index is 6.36. The molecule has 4 nitrogen and oxygen atoms in total. The molecule has 0 radical (unpaired) electrons. The van der Waals surface area contributed by atoms with Gasteiger partial charge in [-0.05, 0) is 31.8 Å². The van der Waals surface area contributed by atoms with Gasteiger partial charge in [0.1, 0.15) is 0 Å². The highest BCUT2D eigenvalue weighted by atomic mass is 79.9. The van der Waals surface area contributed by atoms with Crippen molar-refractivity contribution in [3.05, 3.63) is 51.2 Å². The molecule has 0 saturated heterocycles. The lowest BCUT2D eigenvalue weighted by molar-refractivity contribution is 0.368. The second-order valence-corrected chi connectivity index (χ2v) is 6.26. The Morgan fingerprint density at radius 3 is 2.85 bits per heavy atom. The monoisotopic (exact) mass is 356 g/mol. The highest BCUT2D eigenvalue weighted by Crippen LogP contribution is 2.27. The van der Waals surface area contributed by atoms with E-state index in [0.717, 1.165) is 28.8 Å². The highest BCUT2D eigenvalue weighted by molar-refractivity contribution is 9.10. The van der Waals surface area contributed by atoms with Gasteiger partial charge in [-0.1, -0.05) is 39.7 Å². The molecule has 0 aliphatic carbocycles. The molecule has 1 aromatic heterocycles. The molecule has 2 aromatic rings. The molecule has 0 aliphatic heterocycles. The lowest BCUT2D eigenvalue weighted by atomic mass is 10.0. The quantitative estimate of drug-likeness (QED) is 0.895. The molecule has 0 aliphatic rings. The number of halogens is 2. The Labute approximate surface area is 132 Å². The van der Waals surface area contributed by atoms with Crippen molar-refractivity contribution in [2.45, 2.75) is 12.6 Å². The topological polar surface area (TPSA) is 47.1 Å². The van der Waals surface area contributed by atoms with Crippen LogP contribution in [0.4, 0.5) is 0 Å². The second kappa shape index (κ2) is 6.72. The van der Waals surface area contributed by atoms with Crippen molar-refractivity contribution in [1.29, 1.82) is 0 Å². The van der Waals surface area contributed by atoms with Gasteiger partial charge in [0.25, 0.3) is 0 Å². The zero-order valence-corrected chi connectivity index (χ0v) is 13.9. The van der Waals surface area contributed by atoms with Crippen LogP contribution in [-0.2, 0) is 6.54 Å². The number of aromatic nitrogens is 2. The maximum Gasteiger partial charge on any atom is 0.0837 e. The first-order valence-corrected chi connectivity index (χ1v) is 7.53. The van der Waals surface area contributed by atoms with E-state index in [1.165, 1.54) is 0 Å². The van der Waals surface area contributed by atoms with Crippen LogP contribution < -0.4 is 5.73 Å². The fraction of sp³-hybridized carbons (Fsp3) is 0.357. The third kappa shape index (κ3) is 3.61. The molecule has 1 heterocycles. The summed E-state index contributed by atoms with van der Waals surface area (Å²) in [6, 6.07) is 7.65. The molecule has 0 spiro atoms. The number of likely N-dealkylation sites (N-methyl/N-ethyl adjacent to an activating group) is 1. The van der Waals surface area contributed by atoms with E-state index in [-0.39, 0.29) is 6.04 Å². The Kier molecular flexibility index (Phi) is 5.21. The number of rotatable bonds is 5. The molecule has 1 aromatic carbocycles. The van der Waals surface area contributed by atoms with Crippen LogP contribution in [0.25, 0.3) is 0 Å². The SMILES string of the molecule is CN(C)CCn1ncc(Cl)c1C(N)c1cccc(Br)c1. The Morgan fingerprint density at radius 2 is 2.20 bits per heavy atom. The fourth-order valence-electron chi connectivity index (χ4n) is 2.01. The molecule has 0 fully saturated rings. The van der Waals surface area contributed by atoms with Gasteiger partial charge in [-0.3, -0.25) is 4.68 Å². The lowest BCUT2D eigenvalue weighted by Crippen LogP contribution is -2.23. The third-order valence-electron chi connectivity index (χ3n) is 3.09. The van der Waals surface area contributed by atoms with E-state index in [2.05, 4.69) is 25.9 Å². The molecule has 108 valence electrons. The van der Waals surface area contributed by atoms with Crippen molar-refractivity contribution in [1.82, 2.24) is 14.7 Å². The average Bonchev–Trinajstić information content (AvgIpc) is 2.76. The first-order chi connectivity index (χ1) is 9.49. The van der Waals surface area contributed by atoms with Crippen LogP contribution >= 0.6 is 27.5 Å². The summed E-state index contributed by atoms with van der Waals surface area (Å²) in [5.41, 5.74) is 8.22. The molecule has 2 N–H and O–H groups in total. The van der Waals surface area contributed by atoms with Gasteiger partial charge in [-0.15, -0.1) is 0 Å². The molecule has 2 rings (SSSR count). The number of nitrogens with zero attached hydrogens (tertiary/aromatic N) is 3. The standard InChI is InChI=1S/C14H18BrClN4/c1-19(2)6-7-20-14(12(16)9-18-20)13(17)10-4-3-5-11(15)8-10/h3-5,8-9,13H,6-7,17H2,1-2H3. The van der Waals surface area contributed by atoms with E-state index in [9.17, 15) is 0 Å². The minimum Gasteiger partial charge on any atom is -0.319 e. The third-order valence-corrected chi connectivity index (χ3v) is 3.88. The summed E-state index contributed by atoms with van der Waals surface area (Å²) in [5.74, 6) is 0. The van der Waals surface area contributed by atoms with Gasteiger partial charge in [-0.25, -0.2) is 0 Å². The van der Waals surface area contributed by atoms with Crippen molar-refractivity contribution in [3.8, 4) is 0 Å². The summed E-state index contributed by atoms with van der Waals surface area (Å²) in [6.45, 7) is 1.65. The van der Waals surface area contributed by atoms with Crippen molar-refractivity contribution >= 4 is 27.5 Å². The summed E-state index contributed by atoms with van der Waals surface area (Å²) in [7, 11) is 4.05. The Hall–Kier alpha value is -0.880. The minimum absolute atomic E-state index is 0.287. The number of hydrogen-bond donors (Lipinski definition) is 1. The fourth-order valence-corrected chi connectivity index (χ4v) is 2.69. The molecule has 0 saturated carbocycles. The van der Waals surface area contributed by atoms with Gasteiger partial charge in [-0.2, -0.15) is 5.10 Å². The van der Waals surface area contributed by atoms with Crippen molar-refractivity contribution in [2.75, 3.05) is 20.6 Å². The van der Waals surface area contributed by atoms with Gasteiger partial charge >= 0.3 is 0 Å². The van der Waals surface area contributed by atoms with Gasteiger partial charge in [0, 0.05) is 11.0 Å². The van der Waals surface area contributed by atoms with E-state index < -0.39 is 0 Å². The maximum atomic E-state index is 6.36. The van der Waals surface area contributed by atoms with E-state index in [0.29, 0.717) is 5.02 Å². The van der Waals surface area contributed by atoms with Crippen molar-refractivity contribution in [3.63, 3.8) is 0 Å². The van der Waals surface area contributed by atoms with Gasteiger partial charge in [0.15, 0.2) is 0 Å². The van der Waals surface area contributed by atoms with Gasteiger partial charge < -0.3 is 10.6 Å². The van der Waals surface area contributed by atoms with Gasteiger partial charge in [0.2, 0.25) is 0 Å². The van der Waals surface area contributed by atoms with Crippen LogP contribution in [0.15, 0.2) is 34.9 Å². The molecule has 1 atom stereocenters. The smallest absolute Gasteiger partial charge is 0.0837 e. The predicted molar refractivity (Wildman–Crippen MR) is 86.0 cm³/mol. The largest absolute Gasteiger partial charge is 0.319 e. The van der Waals surface area contributed by atoms with Crippen LogP contribution in [0.2, 0.25) is 5.02 Å². The normalized spacial score (nSPS) is 12.9. The van der Waals surface area contributed by atoms with Crippen LogP contribution in [-0.4, -0.2) is 35.3 Å². The van der Waals surface area contributed by atoms with E-state index in [1.807, 2.05) is 43.0 Å². The Bertz CT molecular complexity index is 582. The first kappa shape index (κ1) is 15.5. The van der Waals surface area contributed by atoms with Crippen LogP contribution in [0.1, 0.15) is 17.3 Å². The van der Waals surface area contributed by atoms with E-state index in [4.69, 9.17) is 17.3 Å². The number of hydrogen-bond acceptors (Lipinski definition) is 3. The van der Waals surface area contributed by atoms with Gasteiger partial charge in [0.05, 0.1) is 29.5 Å². The first-order valence-electron chi connectivity index (χ1n) is 6.36. The zero-order valence-electron chi connectivity index (χ0n) is 11.6. The molecule has 0 bridgehead atoms. The molecular weight excluding hydrogens is 340 g/mol. The summed E-state index contributed by atoms with van der Waals surface area (Å²) >= 11 is 9.72. The van der Waals surface area contributed by atoms with Crippen molar-refractivity contribution in [2.24, 2.45) is 5.73 Å². The molecule has 1 unspecified atom stereocenters. The molecule has 0 amide bonds. The number of benzene rings is 1. The minimum atomic E-state index is -0.287. The predicted octanol–water partition coefficient (Wildman–Crippen LogP) is 2.91. The molecule has 6 heteroatoms. The van der Waals surface area contributed by atoms with Crippen LogP contribution in [0.3, 0.4) is 0 Å². The van der Waals surface area contributed by atoms with E-state index in [1.54, 1.807) is 6.20 Å². The average molecular weight is 358 g/mol. The Balaban J connectivity index is 2.29. The molecule has 20 heavy (non-hydrogen) atoms. The Morgan fingerprint density at radius 1 is 1.45 bits per heavy atom. The summed E-state index contributed by atoms with van der Waals surface area (Å²) < 4.78 is 2.88. The van der Waals surface area contributed by atoms with Crippen LogP contribution in [0, 0.1) is 0 Å². The van der Waals surface area contributed by atoms with Crippen molar-refractivity contribution < 1.29 is 0 Å². The zero-order chi connectivity index (χ0) is 14.7. The summed E-state index contributed by atoms with van der Waals surface area (Å²) in [5, 5.41) is 4.93. The number of nitrogens with two attached hydrogens (primary N) is 1.